The Morgan fingerprint density at radius 3 is 2.09 bits per heavy atom. The van der Waals surface area contributed by atoms with Crippen LogP contribution >= 0.6 is 0 Å². The molecule has 2 heterocycles. The van der Waals surface area contributed by atoms with Gasteiger partial charge in [0, 0.05) is 24.0 Å². The number of piperidine rings is 1. The van der Waals surface area contributed by atoms with E-state index in [2.05, 4.69) is 59.9 Å². The molecule has 3 rings (SSSR count). The predicted octanol–water partition coefficient (Wildman–Crippen LogP) is 4.54. The molecule has 1 fully saturated rings. The fourth-order valence-corrected chi connectivity index (χ4v) is 3.29. The van der Waals surface area contributed by atoms with Gasteiger partial charge < -0.3 is 4.90 Å². The molecule has 0 radical (unpaired) electrons. The normalized spacial score (nSPS) is 17.7. The average molecular weight is 311 g/mol. The highest BCUT2D eigenvalue weighted by atomic mass is 15.1. The van der Waals surface area contributed by atoms with Crippen molar-refractivity contribution in [1.29, 1.82) is 0 Å². The lowest BCUT2D eigenvalue weighted by Crippen LogP contribution is -2.43. The summed E-state index contributed by atoms with van der Waals surface area (Å²) in [4.78, 5) is 11.2. The number of nitrogens with zero attached hydrogens (tertiary/aromatic N) is 3. The highest BCUT2D eigenvalue weighted by Crippen LogP contribution is 2.36. The molecule has 1 aromatic carbocycles. The van der Waals surface area contributed by atoms with Crippen LogP contribution in [0.5, 0.6) is 0 Å². The first-order valence-corrected chi connectivity index (χ1v) is 8.20. The zero-order chi connectivity index (χ0) is 15.6. The average Bonchev–Trinajstić information content (AvgIpc) is 2.56. The van der Waals surface area contributed by atoms with E-state index >= 15 is 0 Å². The number of hydrogen-bond donors (Lipinski definition) is 0. The molecule has 0 amide bonds. The van der Waals surface area contributed by atoms with E-state index in [9.17, 15) is 0 Å². The van der Waals surface area contributed by atoms with Crippen molar-refractivity contribution in [3.05, 3.63) is 48.3 Å². The molecule has 0 aliphatic carbocycles. The molecule has 1 aromatic heterocycles. The molecule has 0 N–H and O–H groups in total. The summed E-state index contributed by atoms with van der Waals surface area (Å²) in [5, 5.41) is 0. The van der Waals surface area contributed by atoms with Crippen LogP contribution in [0, 0.1) is 0 Å². The third-order valence-corrected chi connectivity index (χ3v) is 5.04. The summed E-state index contributed by atoms with van der Waals surface area (Å²) in [6, 6.07) is 11.3. The molecule has 1 aliphatic rings. The summed E-state index contributed by atoms with van der Waals surface area (Å²) < 4.78 is 0. The first-order valence-electron chi connectivity index (χ1n) is 8.20. The van der Waals surface area contributed by atoms with Crippen LogP contribution in [0.1, 0.15) is 46.6 Å². The van der Waals surface area contributed by atoms with Crippen molar-refractivity contribution < 1.29 is 0 Å². The van der Waals surface area contributed by atoms with E-state index in [-0.39, 0.29) is 7.43 Å². The minimum absolute atomic E-state index is 0. The molecule has 0 spiro atoms. The van der Waals surface area contributed by atoms with Gasteiger partial charge in [-0.1, -0.05) is 38.6 Å². The molecule has 2 aromatic rings. The number of likely N-dealkylation sites (tertiary alicyclic amines) is 1. The number of rotatable bonds is 3. The summed E-state index contributed by atoms with van der Waals surface area (Å²) in [5.74, 6) is 0.800. The predicted molar refractivity (Wildman–Crippen MR) is 97.5 cm³/mol. The van der Waals surface area contributed by atoms with Gasteiger partial charge in [0.2, 0.25) is 0 Å². The minimum Gasteiger partial charge on any atom is -0.301 e. The molecule has 0 atom stereocenters. The van der Waals surface area contributed by atoms with E-state index in [0.717, 1.165) is 11.4 Å². The summed E-state index contributed by atoms with van der Waals surface area (Å²) >= 11 is 0. The Morgan fingerprint density at radius 1 is 1.00 bits per heavy atom. The van der Waals surface area contributed by atoms with Crippen LogP contribution in [-0.4, -0.2) is 34.0 Å². The zero-order valence-electron chi connectivity index (χ0n) is 13.8. The van der Waals surface area contributed by atoms with Crippen LogP contribution in [-0.2, 0) is 5.41 Å². The maximum Gasteiger partial charge on any atom is 0.159 e. The lowest BCUT2D eigenvalue weighted by molar-refractivity contribution is 0.137. The largest absolute Gasteiger partial charge is 0.301 e. The second-order valence-electron chi connectivity index (χ2n) is 6.84. The highest BCUT2D eigenvalue weighted by molar-refractivity contribution is 5.55. The molecule has 3 nitrogen and oxygen atoms in total. The standard InChI is InChI=1S/C19H25N3.CH4/c1-15(2)22-13-9-19(3,10-14-22)17-7-5-16(6-8-17)18-20-11-4-12-21-18;/h4-8,11-12,15H,9-10,13-14H2,1-3H3;1H4. The molecule has 1 aliphatic heterocycles. The van der Waals surface area contributed by atoms with Crippen LogP contribution < -0.4 is 0 Å². The van der Waals surface area contributed by atoms with Gasteiger partial charge in [0.05, 0.1) is 0 Å². The molecule has 1 saturated heterocycles. The molecule has 23 heavy (non-hydrogen) atoms. The van der Waals surface area contributed by atoms with Crippen molar-refractivity contribution >= 4 is 0 Å². The summed E-state index contributed by atoms with van der Waals surface area (Å²) in [7, 11) is 0. The van der Waals surface area contributed by atoms with Gasteiger partial charge in [0.25, 0.3) is 0 Å². The van der Waals surface area contributed by atoms with Crippen molar-refractivity contribution in [2.45, 2.75) is 52.5 Å². The Balaban J connectivity index is 0.00000192. The van der Waals surface area contributed by atoms with E-state index in [1.807, 2.05) is 6.07 Å². The number of aromatic nitrogens is 2. The van der Waals surface area contributed by atoms with Gasteiger partial charge >= 0.3 is 0 Å². The van der Waals surface area contributed by atoms with Gasteiger partial charge in [-0.2, -0.15) is 0 Å². The molecular weight excluding hydrogens is 282 g/mol. The summed E-state index contributed by atoms with van der Waals surface area (Å²) in [6.07, 6.45) is 6.04. The van der Waals surface area contributed by atoms with Crippen LogP contribution in [0.25, 0.3) is 11.4 Å². The Labute approximate surface area is 140 Å². The lowest BCUT2D eigenvalue weighted by atomic mass is 9.74. The number of hydrogen-bond acceptors (Lipinski definition) is 3. The van der Waals surface area contributed by atoms with Gasteiger partial charge in [-0.3, -0.25) is 0 Å². The SMILES string of the molecule is C.CC(C)N1CCC(C)(c2ccc(-c3ncccn3)cc2)CC1. The van der Waals surface area contributed by atoms with Crippen molar-refractivity contribution in [3.8, 4) is 11.4 Å². The van der Waals surface area contributed by atoms with Crippen molar-refractivity contribution in [2.24, 2.45) is 0 Å². The van der Waals surface area contributed by atoms with Crippen LogP contribution in [0.15, 0.2) is 42.7 Å². The zero-order valence-corrected chi connectivity index (χ0v) is 13.8. The first kappa shape index (κ1) is 17.6. The first-order chi connectivity index (χ1) is 10.6. The van der Waals surface area contributed by atoms with Crippen LogP contribution in [0.2, 0.25) is 0 Å². The lowest BCUT2D eigenvalue weighted by Gasteiger charge is -2.41. The maximum absolute atomic E-state index is 4.32. The van der Waals surface area contributed by atoms with Crippen molar-refractivity contribution in [3.63, 3.8) is 0 Å². The number of benzene rings is 1. The molecule has 0 unspecified atom stereocenters. The van der Waals surface area contributed by atoms with Gasteiger partial charge in [-0.15, -0.1) is 0 Å². The van der Waals surface area contributed by atoms with E-state index in [1.54, 1.807) is 12.4 Å². The van der Waals surface area contributed by atoms with Gasteiger partial charge in [-0.25, -0.2) is 9.97 Å². The second-order valence-corrected chi connectivity index (χ2v) is 6.84. The van der Waals surface area contributed by atoms with E-state index in [0.29, 0.717) is 11.5 Å². The molecule has 0 saturated carbocycles. The fraction of sp³-hybridized carbons (Fsp3) is 0.500. The van der Waals surface area contributed by atoms with Gasteiger partial charge in [-0.05, 0) is 56.8 Å². The fourth-order valence-electron chi connectivity index (χ4n) is 3.29. The smallest absolute Gasteiger partial charge is 0.159 e. The van der Waals surface area contributed by atoms with Gasteiger partial charge in [0.15, 0.2) is 5.82 Å². The Kier molecular flexibility index (Phi) is 5.53. The van der Waals surface area contributed by atoms with E-state index in [1.165, 1.54) is 31.5 Å². The van der Waals surface area contributed by atoms with E-state index < -0.39 is 0 Å². The third kappa shape index (κ3) is 3.78. The van der Waals surface area contributed by atoms with Crippen molar-refractivity contribution in [2.75, 3.05) is 13.1 Å². The molecule has 3 heteroatoms. The summed E-state index contributed by atoms with van der Waals surface area (Å²) in [5.41, 5.74) is 2.82. The van der Waals surface area contributed by atoms with Gasteiger partial charge in [0.1, 0.15) is 0 Å². The summed E-state index contributed by atoms with van der Waals surface area (Å²) in [6.45, 7) is 9.36. The Hall–Kier alpha value is -1.74. The molecule has 124 valence electrons. The topological polar surface area (TPSA) is 29.0 Å². The van der Waals surface area contributed by atoms with Crippen LogP contribution in [0.3, 0.4) is 0 Å². The monoisotopic (exact) mass is 311 g/mol. The minimum atomic E-state index is 0. The third-order valence-electron chi connectivity index (χ3n) is 5.04. The quantitative estimate of drug-likeness (QED) is 0.833. The van der Waals surface area contributed by atoms with Crippen LogP contribution in [0.4, 0.5) is 0 Å². The maximum atomic E-state index is 4.32. The highest BCUT2D eigenvalue weighted by Gasteiger charge is 2.32. The Morgan fingerprint density at radius 2 is 1.57 bits per heavy atom. The van der Waals surface area contributed by atoms with Crippen molar-refractivity contribution in [1.82, 2.24) is 14.9 Å². The Bertz CT molecular complexity index is 597. The second kappa shape index (κ2) is 7.22. The molecule has 0 bridgehead atoms. The molecular formula is C20H29N3. The van der Waals surface area contributed by atoms with E-state index in [4.69, 9.17) is 0 Å².